The number of nitrogens with one attached hydrogen (secondary N) is 2. The fourth-order valence-corrected chi connectivity index (χ4v) is 3.90. The minimum Gasteiger partial charge on any atom is -0.475 e. The van der Waals surface area contributed by atoms with E-state index in [2.05, 4.69) is 10.6 Å². The van der Waals surface area contributed by atoms with E-state index in [1.165, 1.54) is 30.6 Å². The summed E-state index contributed by atoms with van der Waals surface area (Å²) < 4.78 is 0. The van der Waals surface area contributed by atoms with Crippen molar-refractivity contribution in [3.63, 3.8) is 0 Å². The second-order valence-corrected chi connectivity index (χ2v) is 7.69. The van der Waals surface area contributed by atoms with E-state index in [9.17, 15) is 28.8 Å². The first-order valence-electron chi connectivity index (χ1n) is 10.00. The normalized spacial score (nSPS) is 22.9. The van der Waals surface area contributed by atoms with Gasteiger partial charge in [-0.05, 0) is 39.5 Å². The average Bonchev–Trinajstić information content (AvgIpc) is 3.35. The van der Waals surface area contributed by atoms with Gasteiger partial charge in [0.25, 0.3) is 5.78 Å². The van der Waals surface area contributed by atoms with Gasteiger partial charge in [0.05, 0.1) is 6.04 Å². The minimum absolute atomic E-state index is 0.201. The van der Waals surface area contributed by atoms with Gasteiger partial charge < -0.3 is 25.5 Å². The Balaban J connectivity index is 1.98. The van der Waals surface area contributed by atoms with Crippen LogP contribution in [0.25, 0.3) is 0 Å². The number of amides is 4. The van der Waals surface area contributed by atoms with Crippen molar-refractivity contribution in [3.05, 3.63) is 0 Å². The maximum Gasteiger partial charge on any atom is 0.374 e. The van der Waals surface area contributed by atoms with Crippen LogP contribution in [0.1, 0.15) is 46.5 Å². The summed E-state index contributed by atoms with van der Waals surface area (Å²) >= 11 is 0. The molecule has 0 aromatic carbocycles. The van der Waals surface area contributed by atoms with Crippen molar-refractivity contribution in [2.24, 2.45) is 0 Å². The first kappa shape index (κ1) is 23.3. The molecule has 166 valence electrons. The zero-order valence-electron chi connectivity index (χ0n) is 17.3. The number of likely N-dealkylation sites (tertiary alicyclic amines) is 2. The van der Waals surface area contributed by atoms with Crippen LogP contribution in [-0.4, -0.2) is 87.5 Å². The Morgan fingerprint density at radius 3 is 1.80 bits per heavy atom. The molecule has 0 bridgehead atoms. The highest BCUT2D eigenvalue weighted by molar-refractivity contribution is 6.35. The number of rotatable bonds is 7. The van der Waals surface area contributed by atoms with Crippen molar-refractivity contribution >= 4 is 35.4 Å². The largest absolute Gasteiger partial charge is 0.475 e. The smallest absolute Gasteiger partial charge is 0.374 e. The van der Waals surface area contributed by atoms with E-state index in [0.29, 0.717) is 38.8 Å². The second-order valence-electron chi connectivity index (χ2n) is 7.69. The maximum atomic E-state index is 12.8. The molecule has 0 aromatic rings. The molecule has 11 nitrogen and oxygen atoms in total. The molecule has 0 unspecified atom stereocenters. The summed E-state index contributed by atoms with van der Waals surface area (Å²) in [5.41, 5.74) is 0. The third-order valence-corrected chi connectivity index (χ3v) is 5.49. The highest BCUT2D eigenvalue weighted by Gasteiger charge is 2.39. The van der Waals surface area contributed by atoms with E-state index in [0.717, 1.165) is 0 Å². The summed E-state index contributed by atoms with van der Waals surface area (Å²) in [7, 11) is 0. The zero-order valence-corrected chi connectivity index (χ0v) is 17.3. The van der Waals surface area contributed by atoms with Crippen molar-refractivity contribution in [2.45, 2.75) is 70.6 Å². The number of hydrogen-bond acceptors (Lipinski definition) is 6. The summed E-state index contributed by atoms with van der Waals surface area (Å²) in [6.07, 6.45) is 2.16. The summed E-state index contributed by atoms with van der Waals surface area (Å²) in [4.78, 5) is 74.5. The first-order chi connectivity index (χ1) is 14.0. The van der Waals surface area contributed by atoms with Gasteiger partial charge in [0.1, 0.15) is 18.1 Å². The summed E-state index contributed by atoms with van der Waals surface area (Å²) in [5, 5.41) is 13.7. The molecule has 3 N–H and O–H groups in total. The molecule has 2 heterocycles. The van der Waals surface area contributed by atoms with Crippen LogP contribution >= 0.6 is 0 Å². The molecule has 0 aromatic heterocycles. The van der Waals surface area contributed by atoms with Crippen molar-refractivity contribution in [1.29, 1.82) is 0 Å². The van der Waals surface area contributed by atoms with Crippen LogP contribution in [0.5, 0.6) is 0 Å². The summed E-state index contributed by atoms with van der Waals surface area (Å²) in [6.45, 7) is 4.97. The molecule has 2 rings (SSSR count). The fourth-order valence-electron chi connectivity index (χ4n) is 3.90. The molecule has 4 atom stereocenters. The predicted octanol–water partition coefficient (Wildman–Crippen LogP) is -1.35. The van der Waals surface area contributed by atoms with Crippen LogP contribution in [-0.2, 0) is 28.8 Å². The van der Waals surface area contributed by atoms with Gasteiger partial charge in [0.15, 0.2) is 0 Å². The number of carboxylic acid groups (broad SMARTS) is 1. The van der Waals surface area contributed by atoms with E-state index in [1.807, 2.05) is 0 Å². The Hall–Kier alpha value is -2.98. The quantitative estimate of drug-likeness (QED) is 0.427. The van der Waals surface area contributed by atoms with Gasteiger partial charge in [-0.15, -0.1) is 0 Å². The monoisotopic (exact) mass is 424 g/mol. The number of Topliss-reactive ketones (excluding diaryl/α,β-unsaturated/α-hetero) is 1. The lowest BCUT2D eigenvalue weighted by Gasteiger charge is -2.29. The van der Waals surface area contributed by atoms with Gasteiger partial charge in [-0.2, -0.15) is 0 Å². The lowest BCUT2D eigenvalue weighted by Crippen LogP contribution is -2.56. The van der Waals surface area contributed by atoms with E-state index in [1.54, 1.807) is 0 Å². The number of carbonyl (C=O) groups excluding carboxylic acids is 5. The lowest BCUT2D eigenvalue weighted by atomic mass is 10.1. The molecule has 0 saturated carbocycles. The Labute approximate surface area is 174 Å². The van der Waals surface area contributed by atoms with Crippen molar-refractivity contribution < 1.29 is 33.9 Å². The van der Waals surface area contributed by atoms with Crippen molar-refractivity contribution in [1.82, 2.24) is 20.4 Å². The number of aliphatic carboxylic acids is 1. The SMILES string of the molecule is CC(=O)N1CCC[C@H]1C(=O)N[C@@H](C)C(=O)N1CCC[C@H]1C(=O)N[C@@H](C)C(=O)C(=O)O. The molecule has 30 heavy (non-hydrogen) atoms. The van der Waals surface area contributed by atoms with Crippen LogP contribution in [0.4, 0.5) is 0 Å². The maximum absolute atomic E-state index is 12.8. The number of carbonyl (C=O) groups is 6. The fraction of sp³-hybridized carbons (Fsp3) is 0.684. The van der Waals surface area contributed by atoms with Gasteiger partial charge in [0, 0.05) is 20.0 Å². The predicted molar refractivity (Wildman–Crippen MR) is 103 cm³/mol. The molecule has 2 fully saturated rings. The molecule has 4 amide bonds. The van der Waals surface area contributed by atoms with Gasteiger partial charge in [0.2, 0.25) is 23.6 Å². The van der Waals surface area contributed by atoms with Crippen LogP contribution in [0.2, 0.25) is 0 Å². The molecule has 0 radical (unpaired) electrons. The molecule has 11 heteroatoms. The summed E-state index contributed by atoms with van der Waals surface area (Å²) in [6, 6.07) is -3.58. The van der Waals surface area contributed by atoms with E-state index >= 15 is 0 Å². The van der Waals surface area contributed by atoms with Crippen LogP contribution in [0.3, 0.4) is 0 Å². The topological polar surface area (TPSA) is 153 Å². The average molecular weight is 424 g/mol. The van der Waals surface area contributed by atoms with E-state index in [-0.39, 0.29) is 5.91 Å². The van der Waals surface area contributed by atoms with Gasteiger partial charge in [-0.1, -0.05) is 0 Å². The van der Waals surface area contributed by atoms with Crippen molar-refractivity contribution in [3.8, 4) is 0 Å². The Morgan fingerprint density at radius 1 is 0.833 bits per heavy atom. The van der Waals surface area contributed by atoms with Gasteiger partial charge in [-0.25, -0.2) is 4.79 Å². The van der Waals surface area contributed by atoms with E-state index < -0.39 is 53.6 Å². The first-order valence-corrected chi connectivity index (χ1v) is 10.00. The number of carboxylic acids is 1. The molecule has 0 spiro atoms. The Morgan fingerprint density at radius 2 is 1.30 bits per heavy atom. The Kier molecular flexibility index (Phi) is 7.52. The van der Waals surface area contributed by atoms with Crippen molar-refractivity contribution in [2.75, 3.05) is 13.1 Å². The van der Waals surface area contributed by atoms with Crippen LogP contribution in [0, 0.1) is 0 Å². The second kappa shape index (κ2) is 9.68. The minimum atomic E-state index is -1.65. The highest BCUT2D eigenvalue weighted by Crippen LogP contribution is 2.20. The zero-order chi connectivity index (χ0) is 22.6. The number of nitrogens with zero attached hydrogens (tertiary/aromatic N) is 2. The lowest BCUT2D eigenvalue weighted by molar-refractivity contribution is -0.150. The third kappa shape index (κ3) is 5.14. The molecule has 0 aliphatic carbocycles. The molecule has 2 saturated heterocycles. The molecule has 2 aliphatic rings. The number of ketones is 1. The third-order valence-electron chi connectivity index (χ3n) is 5.49. The Bertz CT molecular complexity index is 753. The standard InChI is InChI=1S/C19H28N4O7/c1-10(15(25)19(29)30)20-17(27)14-7-5-9-23(14)18(28)11(2)21-16(26)13-6-4-8-22(13)12(3)24/h10-11,13-14H,4-9H2,1-3H3,(H,20,27)(H,21,26)(H,29,30)/t10-,11-,13-,14-/m0/s1. The van der Waals surface area contributed by atoms with E-state index in [4.69, 9.17) is 5.11 Å². The van der Waals surface area contributed by atoms with Gasteiger partial charge >= 0.3 is 5.97 Å². The van der Waals surface area contributed by atoms with Crippen LogP contribution < -0.4 is 10.6 Å². The molecule has 2 aliphatic heterocycles. The number of hydrogen-bond donors (Lipinski definition) is 3. The summed E-state index contributed by atoms with van der Waals surface area (Å²) in [5.74, 6) is -4.47. The molecular weight excluding hydrogens is 396 g/mol. The van der Waals surface area contributed by atoms with Crippen LogP contribution in [0.15, 0.2) is 0 Å². The van der Waals surface area contributed by atoms with Gasteiger partial charge in [-0.3, -0.25) is 24.0 Å². The molecular formula is C19H28N4O7. The highest BCUT2D eigenvalue weighted by atomic mass is 16.4.